The minimum Gasteiger partial charge on any atom is -0.322 e. The van der Waals surface area contributed by atoms with Crippen LogP contribution >= 0.6 is 31.9 Å². The molecule has 3 nitrogen and oxygen atoms in total. The summed E-state index contributed by atoms with van der Waals surface area (Å²) in [6.07, 6.45) is 0. The lowest BCUT2D eigenvalue weighted by Crippen LogP contribution is -2.13. The predicted molar refractivity (Wildman–Crippen MR) is 117 cm³/mol. The Morgan fingerprint density at radius 1 is 0.815 bits per heavy atom. The molecule has 0 aliphatic heterocycles. The third-order valence-electron chi connectivity index (χ3n) is 4.21. The van der Waals surface area contributed by atoms with E-state index in [1.54, 1.807) is 0 Å². The number of nitrogens with one attached hydrogen (secondary N) is 1. The van der Waals surface area contributed by atoms with E-state index < -0.39 is 0 Å². The van der Waals surface area contributed by atoms with Crippen LogP contribution in [-0.2, 0) is 0 Å². The molecule has 1 heterocycles. The summed E-state index contributed by atoms with van der Waals surface area (Å²) in [7, 11) is 0. The molecule has 0 saturated carbocycles. The lowest BCUT2D eigenvalue weighted by Gasteiger charge is -2.11. The molecule has 1 aromatic heterocycles. The molecule has 0 spiro atoms. The van der Waals surface area contributed by atoms with Crippen LogP contribution in [0, 0.1) is 0 Å². The summed E-state index contributed by atoms with van der Waals surface area (Å²) < 4.78 is 1.81. The van der Waals surface area contributed by atoms with Crippen LogP contribution in [0.15, 0.2) is 87.8 Å². The van der Waals surface area contributed by atoms with Gasteiger partial charge in [-0.15, -0.1) is 0 Å². The largest absolute Gasteiger partial charge is 0.322 e. The fourth-order valence-corrected chi connectivity index (χ4v) is 3.52. The fourth-order valence-electron chi connectivity index (χ4n) is 2.89. The van der Waals surface area contributed by atoms with E-state index in [-0.39, 0.29) is 5.91 Å². The molecule has 27 heavy (non-hydrogen) atoms. The quantitative estimate of drug-likeness (QED) is 0.354. The van der Waals surface area contributed by atoms with E-state index in [1.807, 2.05) is 78.9 Å². The molecule has 4 aromatic rings. The predicted octanol–water partition coefficient (Wildman–Crippen LogP) is 6.68. The number of aromatic nitrogens is 1. The summed E-state index contributed by atoms with van der Waals surface area (Å²) in [5.74, 6) is -0.167. The zero-order valence-corrected chi connectivity index (χ0v) is 17.3. The average Bonchev–Trinajstić information content (AvgIpc) is 2.70. The molecule has 4 rings (SSSR count). The number of halogens is 2. The monoisotopic (exact) mass is 480 g/mol. The van der Waals surface area contributed by atoms with E-state index in [9.17, 15) is 4.79 Å². The molecule has 0 radical (unpaired) electrons. The number of nitrogens with zero attached hydrogens (tertiary/aromatic N) is 1. The molecule has 132 valence electrons. The number of carbonyl (C=O) groups is 1. The van der Waals surface area contributed by atoms with E-state index in [2.05, 4.69) is 37.2 Å². The van der Waals surface area contributed by atoms with Crippen LogP contribution in [0.25, 0.3) is 22.2 Å². The molecular weight excluding hydrogens is 468 g/mol. The van der Waals surface area contributed by atoms with Gasteiger partial charge in [0, 0.05) is 25.6 Å². The zero-order chi connectivity index (χ0) is 18.8. The molecule has 0 aliphatic rings. The van der Waals surface area contributed by atoms with E-state index in [0.717, 1.165) is 36.8 Å². The number of carbonyl (C=O) groups excluding carboxylic acids is 1. The molecule has 5 heteroatoms. The molecule has 3 aromatic carbocycles. The molecule has 1 amide bonds. The van der Waals surface area contributed by atoms with Gasteiger partial charge in [-0.05, 0) is 62.2 Å². The van der Waals surface area contributed by atoms with E-state index in [0.29, 0.717) is 5.56 Å². The maximum atomic E-state index is 13.0. The number of pyridine rings is 1. The third-order valence-corrected chi connectivity index (χ3v) is 6.09. The van der Waals surface area contributed by atoms with E-state index in [1.165, 1.54) is 0 Å². The number of rotatable bonds is 3. The first-order valence-corrected chi connectivity index (χ1v) is 9.92. The number of fused-ring (bicyclic) bond motifs is 1. The van der Waals surface area contributed by atoms with Gasteiger partial charge >= 0.3 is 0 Å². The number of benzene rings is 3. The van der Waals surface area contributed by atoms with Crippen LogP contribution in [0.4, 0.5) is 5.69 Å². The minimum absolute atomic E-state index is 0.167. The normalized spacial score (nSPS) is 10.7. The SMILES string of the molecule is O=C(Nc1ccc(Br)c(Br)c1)c1cc(-c2ccccc2)nc2ccccc12. The Bertz CT molecular complexity index is 1140. The first-order chi connectivity index (χ1) is 13.1. The number of amides is 1. The molecule has 1 N–H and O–H groups in total. The minimum atomic E-state index is -0.167. The maximum Gasteiger partial charge on any atom is 0.256 e. The van der Waals surface area contributed by atoms with Crippen molar-refractivity contribution in [1.82, 2.24) is 4.98 Å². The van der Waals surface area contributed by atoms with Crippen molar-refractivity contribution in [1.29, 1.82) is 0 Å². The topological polar surface area (TPSA) is 42.0 Å². The number of anilines is 1. The Kier molecular flexibility index (Phi) is 5.05. The maximum absolute atomic E-state index is 13.0. The van der Waals surface area contributed by atoms with Gasteiger partial charge in [0.05, 0.1) is 16.8 Å². The van der Waals surface area contributed by atoms with Crippen molar-refractivity contribution in [2.45, 2.75) is 0 Å². The molecule has 0 unspecified atom stereocenters. The van der Waals surface area contributed by atoms with Crippen LogP contribution in [0.5, 0.6) is 0 Å². The first-order valence-electron chi connectivity index (χ1n) is 8.33. The number of hydrogen-bond acceptors (Lipinski definition) is 2. The van der Waals surface area contributed by atoms with Crippen molar-refractivity contribution < 1.29 is 4.79 Å². The average molecular weight is 482 g/mol. The van der Waals surface area contributed by atoms with Crippen LogP contribution in [0.3, 0.4) is 0 Å². The second kappa shape index (κ2) is 7.62. The fraction of sp³-hybridized carbons (Fsp3) is 0. The van der Waals surface area contributed by atoms with E-state index >= 15 is 0 Å². The molecule has 0 atom stereocenters. The van der Waals surface area contributed by atoms with Gasteiger partial charge in [-0.25, -0.2) is 4.98 Å². The highest BCUT2D eigenvalue weighted by molar-refractivity contribution is 9.13. The summed E-state index contributed by atoms with van der Waals surface area (Å²) in [6.45, 7) is 0. The van der Waals surface area contributed by atoms with Crippen molar-refractivity contribution in [3.8, 4) is 11.3 Å². The van der Waals surface area contributed by atoms with Gasteiger partial charge in [-0.3, -0.25) is 4.79 Å². The second-order valence-electron chi connectivity index (χ2n) is 6.02. The molecular formula is C22H14Br2N2O. The Balaban J connectivity index is 1.79. The third kappa shape index (κ3) is 3.80. The summed E-state index contributed by atoms with van der Waals surface area (Å²) in [6, 6.07) is 25.0. The summed E-state index contributed by atoms with van der Waals surface area (Å²) in [5, 5.41) is 3.80. The summed E-state index contributed by atoms with van der Waals surface area (Å²) in [4.78, 5) is 17.8. The number of para-hydroxylation sites is 1. The van der Waals surface area contributed by atoms with Crippen molar-refractivity contribution in [2.75, 3.05) is 5.32 Å². The van der Waals surface area contributed by atoms with Gasteiger partial charge in [0.25, 0.3) is 5.91 Å². The molecule has 0 saturated heterocycles. The van der Waals surface area contributed by atoms with Gasteiger partial charge in [0.1, 0.15) is 0 Å². The Labute approximate surface area is 173 Å². The van der Waals surface area contributed by atoms with E-state index in [4.69, 9.17) is 4.98 Å². The Morgan fingerprint density at radius 2 is 1.56 bits per heavy atom. The first kappa shape index (κ1) is 17.9. The van der Waals surface area contributed by atoms with Gasteiger partial charge in [0.15, 0.2) is 0 Å². The van der Waals surface area contributed by atoms with Crippen molar-refractivity contribution >= 4 is 54.4 Å². The van der Waals surface area contributed by atoms with Gasteiger partial charge < -0.3 is 5.32 Å². The highest BCUT2D eigenvalue weighted by Gasteiger charge is 2.14. The highest BCUT2D eigenvalue weighted by Crippen LogP contribution is 2.28. The van der Waals surface area contributed by atoms with Crippen molar-refractivity contribution in [3.63, 3.8) is 0 Å². The van der Waals surface area contributed by atoms with Crippen LogP contribution in [0.2, 0.25) is 0 Å². The van der Waals surface area contributed by atoms with Crippen molar-refractivity contribution in [2.24, 2.45) is 0 Å². The standard InChI is InChI=1S/C22H14Br2N2O/c23-18-11-10-15(12-19(18)24)25-22(27)17-13-21(14-6-2-1-3-7-14)26-20-9-5-4-8-16(17)20/h1-13H,(H,25,27). The second-order valence-corrected chi connectivity index (χ2v) is 7.73. The van der Waals surface area contributed by atoms with Crippen LogP contribution < -0.4 is 5.32 Å². The summed E-state index contributed by atoms with van der Waals surface area (Å²) >= 11 is 6.91. The Hall–Kier alpha value is -2.50. The van der Waals surface area contributed by atoms with Gasteiger partial charge in [0.2, 0.25) is 0 Å². The summed E-state index contributed by atoms with van der Waals surface area (Å²) in [5.41, 5.74) is 3.86. The zero-order valence-electron chi connectivity index (χ0n) is 14.1. The van der Waals surface area contributed by atoms with Crippen LogP contribution in [0.1, 0.15) is 10.4 Å². The van der Waals surface area contributed by atoms with Gasteiger partial charge in [-0.1, -0.05) is 48.5 Å². The highest BCUT2D eigenvalue weighted by atomic mass is 79.9. The molecule has 0 fully saturated rings. The number of hydrogen-bond donors (Lipinski definition) is 1. The van der Waals surface area contributed by atoms with Crippen LogP contribution in [-0.4, -0.2) is 10.9 Å². The molecule has 0 bridgehead atoms. The molecule has 0 aliphatic carbocycles. The lowest BCUT2D eigenvalue weighted by molar-refractivity contribution is 0.102. The lowest BCUT2D eigenvalue weighted by atomic mass is 10.0. The Morgan fingerprint density at radius 3 is 2.33 bits per heavy atom. The van der Waals surface area contributed by atoms with Gasteiger partial charge in [-0.2, -0.15) is 0 Å². The van der Waals surface area contributed by atoms with Crippen molar-refractivity contribution in [3.05, 3.63) is 93.4 Å². The smallest absolute Gasteiger partial charge is 0.256 e.